The Morgan fingerprint density at radius 1 is 1.29 bits per heavy atom. The normalized spacial score (nSPS) is 16.0. The van der Waals surface area contributed by atoms with E-state index in [0.717, 1.165) is 25.7 Å². The lowest BCUT2D eigenvalue weighted by molar-refractivity contribution is -0.122. The number of nitrogens with zero attached hydrogens (tertiary/aromatic N) is 3. The van der Waals surface area contributed by atoms with Gasteiger partial charge in [0.25, 0.3) is 5.56 Å². The summed E-state index contributed by atoms with van der Waals surface area (Å²) in [4.78, 5) is 32.5. The van der Waals surface area contributed by atoms with Crippen LogP contribution in [0.3, 0.4) is 0 Å². The number of amides is 1. The maximum absolute atomic E-state index is 12.3. The average molecular weight is 286 g/mol. The second kappa shape index (κ2) is 6.03. The fourth-order valence-corrected chi connectivity index (χ4v) is 2.79. The van der Waals surface area contributed by atoms with Crippen LogP contribution in [0.1, 0.15) is 32.1 Å². The summed E-state index contributed by atoms with van der Waals surface area (Å²) >= 11 is 0. The first-order chi connectivity index (χ1) is 10.2. The van der Waals surface area contributed by atoms with Crippen LogP contribution in [0.4, 0.5) is 0 Å². The van der Waals surface area contributed by atoms with Crippen LogP contribution in [-0.2, 0) is 11.3 Å². The molecule has 6 heteroatoms. The van der Waals surface area contributed by atoms with E-state index in [9.17, 15) is 9.59 Å². The quantitative estimate of drug-likeness (QED) is 0.921. The predicted molar refractivity (Wildman–Crippen MR) is 78.8 cm³/mol. The number of aromatic nitrogens is 3. The third kappa shape index (κ3) is 3.09. The minimum atomic E-state index is -0.230. The van der Waals surface area contributed by atoms with Gasteiger partial charge in [-0.25, -0.2) is 9.97 Å². The average Bonchev–Trinajstić information content (AvgIpc) is 2.51. The van der Waals surface area contributed by atoms with Crippen LogP contribution in [0.2, 0.25) is 0 Å². The SMILES string of the molecule is O=C(Cn1cnc2ncccc2c1=O)NC1CCCCC1. The van der Waals surface area contributed by atoms with Crippen molar-refractivity contribution in [3.05, 3.63) is 35.0 Å². The van der Waals surface area contributed by atoms with Crippen LogP contribution in [0.5, 0.6) is 0 Å². The molecule has 0 unspecified atom stereocenters. The molecule has 3 rings (SSSR count). The molecule has 0 saturated heterocycles. The zero-order valence-electron chi connectivity index (χ0n) is 11.8. The van der Waals surface area contributed by atoms with Crippen molar-refractivity contribution in [3.8, 4) is 0 Å². The van der Waals surface area contributed by atoms with Gasteiger partial charge in [0.2, 0.25) is 5.91 Å². The van der Waals surface area contributed by atoms with Crippen molar-refractivity contribution in [3.63, 3.8) is 0 Å². The van der Waals surface area contributed by atoms with E-state index >= 15 is 0 Å². The lowest BCUT2D eigenvalue weighted by atomic mass is 9.95. The zero-order valence-corrected chi connectivity index (χ0v) is 11.8. The van der Waals surface area contributed by atoms with Gasteiger partial charge in [-0.3, -0.25) is 14.2 Å². The number of rotatable bonds is 3. The molecule has 2 aromatic heterocycles. The minimum Gasteiger partial charge on any atom is -0.352 e. The minimum absolute atomic E-state index is 0.00711. The van der Waals surface area contributed by atoms with Crippen molar-refractivity contribution in [2.75, 3.05) is 0 Å². The molecule has 6 nitrogen and oxygen atoms in total. The van der Waals surface area contributed by atoms with Crippen molar-refractivity contribution in [1.29, 1.82) is 0 Å². The van der Waals surface area contributed by atoms with Gasteiger partial charge in [0.15, 0.2) is 5.65 Å². The van der Waals surface area contributed by atoms with E-state index in [1.54, 1.807) is 18.3 Å². The van der Waals surface area contributed by atoms with Crippen LogP contribution < -0.4 is 10.9 Å². The van der Waals surface area contributed by atoms with Crippen LogP contribution >= 0.6 is 0 Å². The number of hydrogen-bond donors (Lipinski definition) is 1. The van der Waals surface area contributed by atoms with Gasteiger partial charge in [0.05, 0.1) is 5.39 Å². The van der Waals surface area contributed by atoms with E-state index in [2.05, 4.69) is 15.3 Å². The molecule has 110 valence electrons. The van der Waals surface area contributed by atoms with E-state index in [1.807, 2.05) is 0 Å². The van der Waals surface area contributed by atoms with Gasteiger partial charge in [-0.2, -0.15) is 0 Å². The Morgan fingerprint density at radius 3 is 2.90 bits per heavy atom. The topological polar surface area (TPSA) is 76.9 Å². The fraction of sp³-hybridized carbons (Fsp3) is 0.467. The Bertz CT molecular complexity index is 704. The number of pyridine rings is 1. The van der Waals surface area contributed by atoms with Gasteiger partial charge in [-0.15, -0.1) is 0 Å². The predicted octanol–water partition coefficient (Wildman–Crippen LogP) is 1.24. The lowest BCUT2D eigenvalue weighted by Gasteiger charge is -2.22. The molecular weight excluding hydrogens is 268 g/mol. The highest BCUT2D eigenvalue weighted by atomic mass is 16.2. The smallest absolute Gasteiger partial charge is 0.263 e. The molecule has 0 radical (unpaired) electrons. The molecule has 1 aliphatic rings. The van der Waals surface area contributed by atoms with E-state index in [4.69, 9.17) is 0 Å². The van der Waals surface area contributed by atoms with Crippen LogP contribution in [0.25, 0.3) is 11.0 Å². The molecule has 0 aromatic carbocycles. The number of carbonyl (C=O) groups excluding carboxylic acids is 1. The highest BCUT2D eigenvalue weighted by molar-refractivity contribution is 5.77. The maximum atomic E-state index is 12.3. The summed E-state index contributed by atoms with van der Waals surface area (Å²) in [5, 5.41) is 3.44. The molecule has 2 heterocycles. The van der Waals surface area contributed by atoms with E-state index in [0.29, 0.717) is 11.0 Å². The van der Waals surface area contributed by atoms with Crippen molar-refractivity contribution in [1.82, 2.24) is 19.9 Å². The summed E-state index contributed by atoms with van der Waals surface area (Å²) in [5.74, 6) is -0.131. The molecule has 2 aromatic rings. The molecular formula is C15H18N4O2. The molecule has 1 N–H and O–H groups in total. The molecule has 1 amide bonds. The van der Waals surface area contributed by atoms with Gasteiger partial charge < -0.3 is 5.32 Å². The number of hydrogen-bond acceptors (Lipinski definition) is 4. The third-order valence-corrected chi connectivity index (χ3v) is 3.88. The summed E-state index contributed by atoms with van der Waals surface area (Å²) in [7, 11) is 0. The summed E-state index contributed by atoms with van der Waals surface area (Å²) in [5.41, 5.74) is 0.179. The summed E-state index contributed by atoms with van der Waals surface area (Å²) in [6.07, 6.45) is 8.60. The molecule has 1 fully saturated rings. The zero-order chi connectivity index (χ0) is 14.7. The van der Waals surface area contributed by atoms with E-state index < -0.39 is 0 Å². The van der Waals surface area contributed by atoms with Gasteiger partial charge in [-0.05, 0) is 25.0 Å². The van der Waals surface area contributed by atoms with Gasteiger partial charge in [-0.1, -0.05) is 19.3 Å². The molecule has 1 aliphatic carbocycles. The second-order valence-corrected chi connectivity index (χ2v) is 5.45. The number of nitrogens with one attached hydrogen (secondary N) is 1. The third-order valence-electron chi connectivity index (χ3n) is 3.88. The standard InChI is InChI=1S/C15H18N4O2/c20-13(18-11-5-2-1-3-6-11)9-19-10-17-14-12(15(19)21)7-4-8-16-14/h4,7-8,10-11H,1-3,5-6,9H2,(H,18,20). The Morgan fingerprint density at radius 2 is 2.10 bits per heavy atom. The van der Waals surface area contributed by atoms with Crippen LogP contribution in [-0.4, -0.2) is 26.5 Å². The van der Waals surface area contributed by atoms with Crippen LogP contribution in [0, 0.1) is 0 Å². The first-order valence-corrected chi connectivity index (χ1v) is 7.33. The van der Waals surface area contributed by atoms with Crippen molar-refractivity contribution in [2.45, 2.75) is 44.7 Å². The van der Waals surface area contributed by atoms with E-state index in [-0.39, 0.29) is 24.1 Å². The molecule has 0 bridgehead atoms. The number of carbonyl (C=O) groups is 1. The van der Waals surface area contributed by atoms with Gasteiger partial charge in [0, 0.05) is 12.2 Å². The van der Waals surface area contributed by atoms with Crippen LogP contribution in [0.15, 0.2) is 29.5 Å². The highest BCUT2D eigenvalue weighted by Gasteiger charge is 2.16. The Labute approximate surface area is 122 Å². The van der Waals surface area contributed by atoms with Crippen molar-refractivity contribution >= 4 is 16.9 Å². The number of fused-ring (bicyclic) bond motifs is 1. The first kappa shape index (κ1) is 13.7. The molecule has 0 atom stereocenters. The molecule has 0 spiro atoms. The molecule has 1 saturated carbocycles. The summed E-state index contributed by atoms with van der Waals surface area (Å²) in [6, 6.07) is 3.61. The van der Waals surface area contributed by atoms with Gasteiger partial charge >= 0.3 is 0 Å². The van der Waals surface area contributed by atoms with E-state index in [1.165, 1.54) is 17.3 Å². The highest BCUT2D eigenvalue weighted by Crippen LogP contribution is 2.17. The Kier molecular flexibility index (Phi) is 3.94. The summed E-state index contributed by atoms with van der Waals surface area (Å²) in [6.45, 7) is 0.00711. The summed E-state index contributed by atoms with van der Waals surface area (Å²) < 4.78 is 1.34. The fourth-order valence-electron chi connectivity index (χ4n) is 2.79. The Hall–Kier alpha value is -2.24. The first-order valence-electron chi connectivity index (χ1n) is 7.33. The maximum Gasteiger partial charge on any atom is 0.263 e. The lowest BCUT2D eigenvalue weighted by Crippen LogP contribution is -2.39. The van der Waals surface area contributed by atoms with Gasteiger partial charge in [0.1, 0.15) is 12.9 Å². The van der Waals surface area contributed by atoms with Crippen molar-refractivity contribution < 1.29 is 4.79 Å². The van der Waals surface area contributed by atoms with Crippen molar-refractivity contribution in [2.24, 2.45) is 0 Å². The monoisotopic (exact) mass is 286 g/mol. The molecule has 21 heavy (non-hydrogen) atoms. The largest absolute Gasteiger partial charge is 0.352 e. The Balaban J connectivity index is 1.73. The second-order valence-electron chi connectivity index (χ2n) is 5.45. The molecule has 0 aliphatic heterocycles.